The van der Waals surface area contributed by atoms with Crippen molar-refractivity contribution in [2.24, 2.45) is 5.73 Å². The van der Waals surface area contributed by atoms with Crippen molar-refractivity contribution in [1.82, 2.24) is 10.6 Å². The lowest BCUT2D eigenvalue weighted by Crippen LogP contribution is -2.29. The molecule has 5 nitrogen and oxygen atoms in total. The summed E-state index contributed by atoms with van der Waals surface area (Å²) in [4.78, 5) is 22.4. The summed E-state index contributed by atoms with van der Waals surface area (Å²) in [5.41, 5.74) is 8.10. The highest BCUT2D eigenvalue weighted by atomic mass is 16.2. The van der Waals surface area contributed by atoms with Gasteiger partial charge in [-0.15, -0.1) is 0 Å². The molecule has 1 aromatic carbocycles. The van der Waals surface area contributed by atoms with Gasteiger partial charge in [0.25, 0.3) is 5.91 Å². The lowest BCUT2D eigenvalue weighted by molar-refractivity contribution is -0.117. The van der Waals surface area contributed by atoms with Gasteiger partial charge in [-0.05, 0) is 36.2 Å². The standard InChI is InChI=1S/C13H17N3O2/c14-12(17)4-6-16-13(18)10-2-1-9-3-5-15-8-11(9)7-10/h1-2,7,15H,3-6,8H2,(H2,14,17)(H,16,18). The molecule has 5 heteroatoms. The second-order valence-electron chi connectivity index (χ2n) is 4.38. The average molecular weight is 247 g/mol. The number of hydrogen-bond donors (Lipinski definition) is 3. The number of rotatable bonds is 4. The first-order valence-corrected chi connectivity index (χ1v) is 6.06. The van der Waals surface area contributed by atoms with Crippen molar-refractivity contribution in [2.75, 3.05) is 13.1 Å². The predicted molar refractivity (Wildman–Crippen MR) is 68.0 cm³/mol. The van der Waals surface area contributed by atoms with E-state index in [9.17, 15) is 9.59 Å². The van der Waals surface area contributed by atoms with E-state index >= 15 is 0 Å². The molecule has 1 aliphatic heterocycles. The Morgan fingerprint density at radius 3 is 2.94 bits per heavy atom. The van der Waals surface area contributed by atoms with E-state index in [1.165, 1.54) is 11.1 Å². The van der Waals surface area contributed by atoms with E-state index in [0.717, 1.165) is 19.5 Å². The third kappa shape index (κ3) is 3.07. The SMILES string of the molecule is NC(=O)CCNC(=O)c1ccc2c(c1)CNCC2. The highest BCUT2D eigenvalue weighted by molar-refractivity contribution is 5.94. The Labute approximate surface area is 106 Å². The van der Waals surface area contributed by atoms with E-state index in [-0.39, 0.29) is 18.9 Å². The molecule has 0 bridgehead atoms. The minimum absolute atomic E-state index is 0.162. The lowest BCUT2D eigenvalue weighted by Gasteiger charge is -2.17. The first-order chi connectivity index (χ1) is 8.66. The zero-order chi connectivity index (χ0) is 13.0. The van der Waals surface area contributed by atoms with Crippen LogP contribution in [0.1, 0.15) is 27.9 Å². The van der Waals surface area contributed by atoms with Gasteiger partial charge in [-0.2, -0.15) is 0 Å². The van der Waals surface area contributed by atoms with Crippen LogP contribution < -0.4 is 16.4 Å². The number of primary amides is 1. The van der Waals surface area contributed by atoms with Crippen molar-refractivity contribution < 1.29 is 9.59 Å². The molecule has 18 heavy (non-hydrogen) atoms. The lowest BCUT2D eigenvalue weighted by atomic mass is 9.98. The fourth-order valence-electron chi connectivity index (χ4n) is 2.02. The Morgan fingerprint density at radius 1 is 1.33 bits per heavy atom. The minimum atomic E-state index is -0.412. The normalized spacial score (nSPS) is 13.8. The van der Waals surface area contributed by atoms with Crippen LogP contribution >= 0.6 is 0 Å². The largest absolute Gasteiger partial charge is 0.370 e. The van der Waals surface area contributed by atoms with Crippen LogP contribution in [0.3, 0.4) is 0 Å². The molecule has 0 aromatic heterocycles. The highest BCUT2D eigenvalue weighted by Crippen LogP contribution is 2.15. The zero-order valence-electron chi connectivity index (χ0n) is 10.2. The molecule has 0 spiro atoms. The van der Waals surface area contributed by atoms with Crippen molar-refractivity contribution in [2.45, 2.75) is 19.4 Å². The van der Waals surface area contributed by atoms with E-state index in [2.05, 4.69) is 10.6 Å². The summed E-state index contributed by atoms with van der Waals surface area (Å²) in [6.45, 7) is 2.07. The number of fused-ring (bicyclic) bond motifs is 1. The molecular formula is C13H17N3O2. The quantitative estimate of drug-likeness (QED) is 0.696. The van der Waals surface area contributed by atoms with Crippen molar-refractivity contribution in [1.29, 1.82) is 0 Å². The van der Waals surface area contributed by atoms with Crippen LogP contribution in [0.25, 0.3) is 0 Å². The van der Waals surface area contributed by atoms with Crippen LogP contribution in [-0.2, 0) is 17.8 Å². The Morgan fingerprint density at radius 2 is 2.17 bits per heavy atom. The second-order valence-corrected chi connectivity index (χ2v) is 4.38. The summed E-state index contributed by atoms with van der Waals surface area (Å²) < 4.78 is 0. The van der Waals surface area contributed by atoms with Gasteiger partial charge in [-0.1, -0.05) is 6.07 Å². The molecule has 0 unspecified atom stereocenters. The van der Waals surface area contributed by atoms with Crippen molar-refractivity contribution in [3.05, 3.63) is 34.9 Å². The highest BCUT2D eigenvalue weighted by Gasteiger charge is 2.12. The van der Waals surface area contributed by atoms with Crippen molar-refractivity contribution >= 4 is 11.8 Å². The molecule has 0 fully saturated rings. The second kappa shape index (κ2) is 5.64. The molecule has 2 amide bonds. The molecular weight excluding hydrogens is 230 g/mol. The van der Waals surface area contributed by atoms with E-state index in [1.54, 1.807) is 0 Å². The first-order valence-electron chi connectivity index (χ1n) is 6.06. The number of hydrogen-bond acceptors (Lipinski definition) is 3. The number of nitrogens with two attached hydrogens (primary N) is 1. The molecule has 0 saturated carbocycles. The molecule has 96 valence electrons. The predicted octanol–water partition coefficient (Wildman–Crippen LogP) is -0.0625. The summed E-state index contributed by atoms with van der Waals surface area (Å²) in [7, 11) is 0. The van der Waals surface area contributed by atoms with E-state index in [4.69, 9.17) is 5.73 Å². The summed E-state index contributed by atoms with van der Waals surface area (Å²) in [6, 6.07) is 5.73. The third-order valence-electron chi connectivity index (χ3n) is 3.01. The Balaban J connectivity index is 2.00. The molecule has 1 aliphatic rings. The van der Waals surface area contributed by atoms with E-state index < -0.39 is 5.91 Å². The summed E-state index contributed by atoms with van der Waals surface area (Å²) in [6.07, 6.45) is 1.16. The molecule has 0 aliphatic carbocycles. The number of carbonyl (C=O) groups is 2. The van der Waals surface area contributed by atoms with Gasteiger partial charge >= 0.3 is 0 Å². The maximum atomic E-state index is 11.8. The Hall–Kier alpha value is -1.88. The molecule has 1 aromatic rings. The van der Waals surface area contributed by atoms with Crippen LogP contribution in [0.5, 0.6) is 0 Å². The number of benzene rings is 1. The fraction of sp³-hybridized carbons (Fsp3) is 0.385. The van der Waals surface area contributed by atoms with Gasteiger partial charge in [-0.3, -0.25) is 9.59 Å². The number of nitrogens with one attached hydrogen (secondary N) is 2. The van der Waals surface area contributed by atoms with Gasteiger partial charge in [0.05, 0.1) is 0 Å². The van der Waals surface area contributed by atoms with Crippen LogP contribution in [0.4, 0.5) is 0 Å². The zero-order valence-corrected chi connectivity index (χ0v) is 10.2. The van der Waals surface area contributed by atoms with Crippen LogP contribution in [0.2, 0.25) is 0 Å². The van der Waals surface area contributed by atoms with Gasteiger partial charge in [0.1, 0.15) is 0 Å². The number of carbonyl (C=O) groups excluding carboxylic acids is 2. The summed E-state index contributed by atoms with van der Waals surface area (Å²) in [5.74, 6) is -0.574. The topological polar surface area (TPSA) is 84.2 Å². The molecule has 1 heterocycles. The van der Waals surface area contributed by atoms with E-state index in [1.807, 2.05) is 18.2 Å². The van der Waals surface area contributed by atoms with Crippen LogP contribution in [0.15, 0.2) is 18.2 Å². The summed E-state index contributed by atoms with van der Waals surface area (Å²) in [5, 5.41) is 5.95. The summed E-state index contributed by atoms with van der Waals surface area (Å²) >= 11 is 0. The molecule has 0 radical (unpaired) electrons. The molecule has 2 rings (SSSR count). The number of amides is 2. The van der Waals surface area contributed by atoms with Crippen LogP contribution in [-0.4, -0.2) is 24.9 Å². The smallest absolute Gasteiger partial charge is 0.251 e. The Bertz CT molecular complexity index is 471. The van der Waals surface area contributed by atoms with Crippen LogP contribution in [0, 0.1) is 0 Å². The monoisotopic (exact) mass is 247 g/mol. The van der Waals surface area contributed by atoms with Gasteiger partial charge in [-0.25, -0.2) is 0 Å². The minimum Gasteiger partial charge on any atom is -0.370 e. The maximum Gasteiger partial charge on any atom is 0.251 e. The van der Waals surface area contributed by atoms with Crippen molar-refractivity contribution in [3.63, 3.8) is 0 Å². The third-order valence-corrected chi connectivity index (χ3v) is 3.01. The Kier molecular flexibility index (Phi) is 3.94. The molecule has 4 N–H and O–H groups in total. The van der Waals surface area contributed by atoms with Crippen molar-refractivity contribution in [3.8, 4) is 0 Å². The van der Waals surface area contributed by atoms with Gasteiger partial charge in [0.2, 0.25) is 5.91 Å². The van der Waals surface area contributed by atoms with Gasteiger partial charge < -0.3 is 16.4 Å². The van der Waals surface area contributed by atoms with Gasteiger partial charge in [0, 0.05) is 25.1 Å². The maximum absolute atomic E-state index is 11.8. The average Bonchev–Trinajstić information content (AvgIpc) is 2.37. The van der Waals surface area contributed by atoms with E-state index in [0.29, 0.717) is 5.56 Å². The first kappa shape index (κ1) is 12.6. The molecule has 0 saturated heterocycles. The fourth-order valence-corrected chi connectivity index (χ4v) is 2.02. The van der Waals surface area contributed by atoms with Gasteiger partial charge in [0.15, 0.2) is 0 Å². The molecule has 0 atom stereocenters.